The number of benzene rings is 3. The molecular formula is C26H19F6NO2S. The second-order valence-corrected chi connectivity index (χ2v) is 9.29. The van der Waals surface area contributed by atoms with Gasteiger partial charge in [0.25, 0.3) is 0 Å². The summed E-state index contributed by atoms with van der Waals surface area (Å²) in [5.74, 6) is -1.18. The zero-order valence-electron chi connectivity index (χ0n) is 18.5. The number of nitrogens with zero attached hydrogens (tertiary/aromatic N) is 1. The molecule has 1 aromatic heterocycles. The van der Waals surface area contributed by atoms with Crippen molar-refractivity contribution < 1.29 is 36.2 Å². The van der Waals surface area contributed by atoms with Gasteiger partial charge in [-0.2, -0.15) is 26.3 Å². The number of halogens is 6. The van der Waals surface area contributed by atoms with Gasteiger partial charge in [-0.15, -0.1) is 11.3 Å². The van der Waals surface area contributed by atoms with Crippen LogP contribution < -0.4 is 4.90 Å². The lowest BCUT2D eigenvalue weighted by Crippen LogP contribution is -2.31. The van der Waals surface area contributed by atoms with Gasteiger partial charge >= 0.3 is 12.4 Å². The second kappa shape index (κ2) is 9.85. The highest BCUT2D eigenvalue weighted by atomic mass is 32.1. The fraction of sp³-hybridized carbons (Fsp3) is 0.192. The molecule has 3 nitrogen and oxygen atoms in total. The van der Waals surface area contributed by atoms with E-state index in [9.17, 15) is 36.2 Å². The van der Waals surface area contributed by atoms with E-state index in [0.717, 1.165) is 27.1 Å². The smallest absolute Gasteiger partial charge is 0.416 e. The lowest BCUT2D eigenvalue weighted by Gasteiger charge is -2.24. The van der Waals surface area contributed by atoms with Crippen molar-refractivity contribution in [1.29, 1.82) is 0 Å². The molecule has 0 saturated carbocycles. The molecule has 3 aromatic carbocycles. The van der Waals surface area contributed by atoms with Crippen molar-refractivity contribution in [1.82, 2.24) is 0 Å². The normalized spacial score (nSPS) is 12.2. The molecule has 0 unspecified atom stereocenters. The summed E-state index contributed by atoms with van der Waals surface area (Å²) in [6, 6.07) is 17.7. The number of rotatable bonds is 6. The van der Waals surface area contributed by atoms with E-state index in [1.807, 2.05) is 30.3 Å². The minimum Gasteiger partial charge on any atom is -0.506 e. The number of fused-ring (bicyclic) bond motifs is 1. The van der Waals surface area contributed by atoms with Crippen molar-refractivity contribution in [3.05, 3.63) is 83.2 Å². The van der Waals surface area contributed by atoms with Crippen molar-refractivity contribution >= 4 is 33.0 Å². The van der Waals surface area contributed by atoms with E-state index >= 15 is 0 Å². The first-order valence-electron chi connectivity index (χ1n) is 10.8. The van der Waals surface area contributed by atoms with Gasteiger partial charge in [0.2, 0.25) is 5.91 Å². The Kier molecular flexibility index (Phi) is 6.99. The first kappa shape index (κ1) is 25.6. The van der Waals surface area contributed by atoms with E-state index in [2.05, 4.69) is 0 Å². The van der Waals surface area contributed by atoms with Crippen molar-refractivity contribution in [2.75, 3.05) is 4.90 Å². The van der Waals surface area contributed by atoms with E-state index in [-0.39, 0.29) is 18.0 Å². The van der Waals surface area contributed by atoms with Crippen molar-refractivity contribution in [2.24, 2.45) is 0 Å². The van der Waals surface area contributed by atoms with Crippen LogP contribution in [0, 0.1) is 0 Å². The average molecular weight is 523 g/mol. The highest BCUT2D eigenvalue weighted by Crippen LogP contribution is 2.37. The summed E-state index contributed by atoms with van der Waals surface area (Å²) < 4.78 is 78.2. The quantitative estimate of drug-likeness (QED) is 0.259. The first-order valence-corrected chi connectivity index (χ1v) is 11.6. The van der Waals surface area contributed by atoms with Gasteiger partial charge in [0.05, 0.1) is 24.2 Å². The Bertz CT molecular complexity index is 1340. The van der Waals surface area contributed by atoms with Crippen LogP contribution >= 0.6 is 11.3 Å². The Labute approximate surface area is 206 Å². The zero-order chi connectivity index (χ0) is 26.1. The third-order valence-corrected chi connectivity index (χ3v) is 6.63. The van der Waals surface area contributed by atoms with Crippen molar-refractivity contribution in [2.45, 2.75) is 31.7 Å². The standard InChI is InChI=1S/C26H19F6NO2S/c27-25(28,29)12-11-24(35)33(15-20-13-18-3-1-2-4-23(18)36-20)21-14-17(7-10-22(21)34)16-5-8-19(9-6-16)26(30,31)32/h1-10,13-14,34H,11-12,15H2. The lowest BCUT2D eigenvalue weighted by atomic mass is 10.0. The number of thiophene rings is 1. The van der Waals surface area contributed by atoms with E-state index in [0.29, 0.717) is 16.0 Å². The molecule has 10 heteroatoms. The predicted octanol–water partition coefficient (Wildman–Crippen LogP) is 8.17. The largest absolute Gasteiger partial charge is 0.506 e. The maximum Gasteiger partial charge on any atom is 0.416 e. The zero-order valence-corrected chi connectivity index (χ0v) is 19.3. The summed E-state index contributed by atoms with van der Waals surface area (Å²) in [7, 11) is 0. The minimum absolute atomic E-state index is 0.0305. The number of aromatic hydroxyl groups is 1. The monoisotopic (exact) mass is 523 g/mol. The number of alkyl halides is 6. The number of phenolic OH excluding ortho intramolecular Hbond substituents is 1. The topological polar surface area (TPSA) is 40.5 Å². The van der Waals surface area contributed by atoms with Gasteiger partial charge in [-0.25, -0.2) is 0 Å². The highest BCUT2D eigenvalue weighted by molar-refractivity contribution is 7.19. The molecule has 0 fully saturated rings. The van der Waals surface area contributed by atoms with E-state index in [1.165, 1.54) is 41.7 Å². The molecule has 1 heterocycles. The lowest BCUT2D eigenvalue weighted by molar-refractivity contribution is -0.143. The number of amides is 1. The molecule has 1 amide bonds. The van der Waals surface area contributed by atoms with Gasteiger partial charge in [0.15, 0.2) is 0 Å². The molecule has 0 aliphatic carbocycles. The number of phenols is 1. The summed E-state index contributed by atoms with van der Waals surface area (Å²) in [6.07, 6.45) is -11.2. The maximum absolute atomic E-state index is 13.0. The molecule has 0 saturated heterocycles. The Morgan fingerprint density at radius 3 is 2.17 bits per heavy atom. The van der Waals surface area contributed by atoms with E-state index < -0.39 is 36.7 Å². The van der Waals surface area contributed by atoms with Crippen LogP contribution in [-0.4, -0.2) is 17.2 Å². The number of hydrogen-bond acceptors (Lipinski definition) is 3. The third-order valence-electron chi connectivity index (χ3n) is 5.53. The molecule has 36 heavy (non-hydrogen) atoms. The Morgan fingerprint density at radius 2 is 1.53 bits per heavy atom. The molecule has 0 radical (unpaired) electrons. The van der Waals surface area contributed by atoms with Gasteiger partial charge in [-0.05, 0) is 52.9 Å². The van der Waals surface area contributed by atoms with Gasteiger partial charge in [0, 0.05) is 16.0 Å². The molecule has 4 rings (SSSR count). The summed E-state index contributed by atoms with van der Waals surface area (Å²) in [5, 5.41) is 11.4. The van der Waals surface area contributed by atoms with Crippen LogP contribution in [0.25, 0.3) is 21.2 Å². The van der Waals surface area contributed by atoms with E-state index in [1.54, 1.807) is 0 Å². The van der Waals surface area contributed by atoms with Crippen molar-refractivity contribution in [3.63, 3.8) is 0 Å². The van der Waals surface area contributed by atoms with Gasteiger partial charge in [0.1, 0.15) is 5.75 Å². The molecule has 188 valence electrons. The molecule has 1 N–H and O–H groups in total. The first-order chi connectivity index (χ1) is 16.9. The summed E-state index contributed by atoms with van der Waals surface area (Å²) in [6.45, 7) is -0.0833. The molecule has 0 aliphatic rings. The third kappa shape index (κ3) is 5.99. The Hall–Kier alpha value is -3.53. The number of anilines is 1. The van der Waals surface area contributed by atoms with Gasteiger partial charge in [-0.3, -0.25) is 4.79 Å². The molecule has 0 bridgehead atoms. The maximum atomic E-state index is 13.0. The van der Waals surface area contributed by atoms with Crippen LogP contribution in [0.3, 0.4) is 0 Å². The Morgan fingerprint density at radius 1 is 0.861 bits per heavy atom. The average Bonchev–Trinajstić information content (AvgIpc) is 3.23. The van der Waals surface area contributed by atoms with Gasteiger partial charge < -0.3 is 10.0 Å². The predicted molar refractivity (Wildman–Crippen MR) is 127 cm³/mol. The summed E-state index contributed by atoms with van der Waals surface area (Å²) >= 11 is 1.37. The van der Waals surface area contributed by atoms with Crippen LogP contribution in [0.2, 0.25) is 0 Å². The van der Waals surface area contributed by atoms with Crippen LogP contribution in [0.4, 0.5) is 32.0 Å². The van der Waals surface area contributed by atoms with Crippen molar-refractivity contribution in [3.8, 4) is 16.9 Å². The van der Waals surface area contributed by atoms with Crippen LogP contribution in [0.1, 0.15) is 23.3 Å². The molecular weight excluding hydrogens is 504 g/mol. The number of carbonyl (C=O) groups excluding carboxylic acids is 1. The molecule has 0 aliphatic heterocycles. The molecule has 0 atom stereocenters. The number of hydrogen-bond donors (Lipinski definition) is 1. The van der Waals surface area contributed by atoms with Crippen LogP contribution in [0.15, 0.2) is 72.8 Å². The fourth-order valence-electron chi connectivity index (χ4n) is 3.73. The van der Waals surface area contributed by atoms with Gasteiger partial charge in [-0.1, -0.05) is 36.4 Å². The second-order valence-electron chi connectivity index (χ2n) is 8.12. The summed E-state index contributed by atoms with van der Waals surface area (Å²) in [4.78, 5) is 14.7. The summed E-state index contributed by atoms with van der Waals surface area (Å²) in [5.41, 5.74) is -0.0914. The molecule has 4 aromatic rings. The van der Waals surface area contributed by atoms with Crippen LogP contribution in [-0.2, 0) is 17.5 Å². The van der Waals surface area contributed by atoms with E-state index in [4.69, 9.17) is 0 Å². The SMILES string of the molecule is O=C(CCC(F)(F)F)N(Cc1cc2ccccc2s1)c1cc(-c2ccc(C(F)(F)F)cc2)ccc1O. The fourth-order valence-corrected chi connectivity index (χ4v) is 4.79. The minimum atomic E-state index is -4.54. The highest BCUT2D eigenvalue weighted by Gasteiger charge is 2.31. The molecule has 0 spiro atoms. The Balaban J connectivity index is 1.71. The van der Waals surface area contributed by atoms with Crippen LogP contribution in [0.5, 0.6) is 5.75 Å². The number of carbonyl (C=O) groups is 1.